The van der Waals surface area contributed by atoms with Crippen LogP contribution in [0.5, 0.6) is 0 Å². The van der Waals surface area contributed by atoms with Crippen LogP contribution in [-0.4, -0.2) is 59.3 Å². The lowest BCUT2D eigenvalue weighted by Crippen LogP contribution is -2.64. The fourth-order valence-corrected chi connectivity index (χ4v) is 1.09. The van der Waals surface area contributed by atoms with Crippen LogP contribution >= 0.6 is 0 Å². The molecule has 1 rings (SSSR count). The molecule has 0 aromatic carbocycles. The van der Waals surface area contributed by atoms with Gasteiger partial charge in [-0.3, -0.25) is 0 Å². The number of carboxylic acid groups (broad SMARTS) is 1. The van der Waals surface area contributed by atoms with Crippen LogP contribution in [0.25, 0.3) is 0 Å². The Hall–Kier alpha value is -1.55. The van der Waals surface area contributed by atoms with E-state index in [0.29, 0.717) is 13.1 Å². The molecule has 1 amide bonds. The molecular weight excluding hydrogens is 297 g/mol. The van der Waals surface area contributed by atoms with Gasteiger partial charge >= 0.3 is 18.2 Å². The normalized spacial score (nSPS) is 16.9. The summed E-state index contributed by atoms with van der Waals surface area (Å²) < 4.78 is 36.8. The minimum absolute atomic E-state index is 0.231. The molecule has 1 aliphatic heterocycles. The zero-order chi connectivity index (χ0) is 16.9. The smallest absolute Gasteiger partial charge is 0.475 e. The second-order valence-electron chi connectivity index (χ2n) is 5.49. The largest absolute Gasteiger partial charge is 0.490 e. The molecule has 0 aromatic heterocycles. The molecule has 1 heterocycles. The van der Waals surface area contributed by atoms with Gasteiger partial charge in [-0.05, 0) is 20.8 Å². The molecule has 1 fully saturated rings. The Balaban J connectivity index is 0.000000486. The maximum Gasteiger partial charge on any atom is 0.490 e. The quantitative estimate of drug-likeness (QED) is 0.590. The van der Waals surface area contributed by atoms with Crippen LogP contribution in [0.3, 0.4) is 0 Å². The summed E-state index contributed by atoms with van der Waals surface area (Å²) in [6, 6.07) is 0. The van der Waals surface area contributed by atoms with Crippen LogP contribution in [0, 0.1) is 0 Å². The Kier molecular flexibility index (Phi) is 6.43. The van der Waals surface area contributed by atoms with Gasteiger partial charge in [0.2, 0.25) is 0 Å². The van der Waals surface area contributed by atoms with E-state index in [0.717, 1.165) is 0 Å². The number of hydrogen-bond acceptors (Lipinski definition) is 5. The molecule has 0 aliphatic carbocycles. The average molecular weight is 316 g/mol. The summed E-state index contributed by atoms with van der Waals surface area (Å²) in [6.45, 7) is 6.66. The molecule has 0 aromatic rings. The minimum Gasteiger partial charge on any atom is -0.475 e. The number of ether oxygens (including phenoxy) is 1. The highest BCUT2D eigenvalue weighted by Crippen LogP contribution is 2.13. The van der Waals surface area contributed by atoms with Crippen molar-refractivity contribution in [3.8, 4) is 0 Å². The maximum absolute atomic E-state index is 11.2. The molecule has 0 unspecified atom stereocenters. The highest BCUT2D eigenvalue weighted by molar-refractivity contribution is 5.73. The standard InChI is InChI=1S/C9H18N2O3.C2HF3O2/c1-8(2,3)14-7(12)11-6-9(13)4-10-5-9;3-2(4,5)1(6)7/h10,13H,4-6H2,1-3H3,(H,11,12);(H,6,7). The molecule has 0 spiro atoms. The first-order chi connectivity index (χ1) is 9.25. The van der Waals surface area contributed by atoms with Gasteiger partial charge in [0.1, 0.15) is 11.2 Å². The van der Waals surface area contributed by atoms with Crippen molar-refractivity contribution in [2.75, 3.05) is 19.6 Å². The summed E-state index contributed by atoms with van der Waals surface area (Å²) in [4.78, 5) is 20.1. The molecule has 0 atom stereocenters. The van der Waals surface area contributed by atoms with Gasteiger partial charge in [0.15, 0.2) is 0 Å². The fraction of sp³-hybridized carbons (Fsp3) is 0.818. The van der Waals surface area contributed by atoms with Crippen molar-refractivity contribution in [3.05, 3.63) is 0 Å². The third-order valence-corrected chi connectivity index (χ3v) is 2.11. The monoisotopic (exact) mass is 316 g/mol. The number of nitrogens with one attached hydrogen (secondary N) is 2. The van der Waals surface area contributed by atoms with E-state index >= 15 is 0 Å². The summed E-state index contributed by atoms with van der Waals surface area (Å²) in [5, 5.41) is 22.2. The predicted molar refractivity (Wildman–Crippen MR) is 65.7 cm³/mol. The van der Waals surface area contributed by atoms with E-state index in [2.05, 4.69) is 10.6 Å². The molecule has 1 aliphatic rings. The lowest BCUT2D eigenvalue weighted by molar-refractivity contribution is -0.192. The van der Waals surface area contributed by atoms with Crippen molar-refractivity contribution >= 4 is 12.1 Å². The second kappa shape index (κ2) is 6.94. The zero-order valence-electron chi connectivity index (χ0n) is 11.9. The van der Waals surface area contributed by atoms with Crippen LogP contribution < -0.4 is 10.6 Å². The zero-order valence-corrected chi connectivity index (χ0v) is 11.9. The fourth-order valence-electron chi connectivity index (χ4n) is 1.09. The molecule has 124 valence electrons. The van der Waals surface area contributed by atoms with Crippen LogP contribution in [0.4, 0.5) is 18.0 Å². The third-order valence-electron chi connectivity index (χ3n) is 2.11. The highest BCUT2D eigenvalue weighted by atomic mass is 19.4. The Labute approximate surface area is 119 Å². The van der Waals surface area contributed by atoms with Crippen molar-refractivity contribution in [2.24, 2.45) is 0 Å². The first kappa shape index (κ1) is 19.4. The summed E-state index contributed by atoms with van der Waals surface area (Å²) in [5.74, 6) is -2.76. The van der Waals surface area contributed by atoms with Gasteiger partial charge in [-0.15, -0.1) is 0 Å². The van der Waals surface area contributed by atoms with E-state index in [1.54, 1.807) is 20.8 Å². The maximum atomic E-state index is 11.2. The molecule has 0 bridgehead atoms. The Morgan fingerprint density at radius 2 is 1.71 bits per heavy atom. The van der Waals surface area contributed by atoms with Gasteiger partial charge in [0.25, 0.3) is 0 Å². The number of alkyl halides is 3. The minimum atomic E-state index is -5.08. The van der Waals surface area contributed by atoms with Crippen molar-refractivity contribution in [1.82, 2.24) is 10.6 Å². The number of rotatable bonds is 2. The van der Waals surface area contributed by atoms with Crippen LogP contribution in [0.15, 0.2) is 0 Å². The first-order valence-electron chi connectivity index (χ1n) is 5.95. The van der Waals surface area contributed by atoms with E-state index < -0.39 is 29.4 Å². The van der Waals surface area contributed by atoms with Crippen molar-refractivity contribution < 1.29 is 37.7 Å². The number of aliphatic carboxylic acids is 1. The second-order valence-corrected chi connectivity index (χ2v) is 5.49. The summed E-state index contributed by atoms with van der Waals surface area (Å²) in [6.07, 6.45) is -5.57. The van der Waals surface area contributed by atoms with Gasteiger partial charge in [-0.2, -0.15) is 13.2 Å². The van der Waals surface area contributed by atoms with Gasteiger partial charge in [0, 0.05) is 13.1 Å². The third kappa shape index (κ3) is 9.08. The topological polar surface area (TPSA) is 108 Å². The Morgan fingerprint density at radius 1 is 1.29 bits per heavy atom. The van der Waals surface area contributed by atoms with E-state index in [1.165, 1.54) is 0 Å². The van der Waals surface area contributed by atoms with Crippen molar-refractivity contribution in [3.63, 3.8) is 0 Å². The first-order valence-corrected chi connectivity index (χ1v) is 5.95. The van der Waals surface area contributed by atoms with E-state index in [4.69, 9.17) is 14.6 Å². The van der Waals surface area contributed by atoms with Crippen LogP contribution in [0.2, 0.25) is 0 Å². The lowest BCUT2D eigenvalue weighted by atomic mass is 9.98. The Bertz CT molecular complexity index is 375. The van der Waals surface area contributed by atoms with Gasteiger partial charge in [-0.25, -0.2) is 9.59 Å². The molecule has 21 heavy (non-hydrogen) atoms. The number of alkyl carbamates (subject to hydrolysis) is 1. The number of aliphatic hydroxyl groups is 1. The number of carbonyl (C=O) groups is 2. The van der Waals surface area contributed by atoms with E-state index in [9.17, 15) is 23.1 Å². The molecule has 4 N–H and O–H groups in total. The molecular formula is C11H19F3N2O5. The molecule has 1 saturated heterocycles. The SMILES string of the molecule is CC(C)(C)OC(=O)NCC1(O)CNC1.O=C(O)C(F)(F)F. The number of β-amino-alcohol motifs (C(OH)–C–C–N with tert-alkyl or cyclic N) is 1. The summed E-state index contributed by atoms with van der Waals surface area (Å²) in [7, 11) is 0. The highest BCUT2D eigenvalue weighted by Gasteiger charge is 2.38. The summed E-state index contributed by atoms with van der Waals surface area (Å²) in [5.41, 5.74) is -1.29. The van der Waals surface area contributed by atoms with E-state index in [1.807, 2.05) is 0 Å². The number of amides is 1. The van der Waals surface area contributed by atoms with E-state index in [-0.39, 0.29) is 6.54 Å². The summed E-state index contributed by atoms with van der Waals surface area (Å²) >= 11 is 0. The molecule has 7 nitrogen and oxygen atoms in total. The number of carboxylic acids is 1. The Morgan fingerprint density at radius 3 is 1.95 bits per heavy atom. The lowest BCUT2D eigenvalue weighted by Gasteiger charge is -2.37. The molecule has 10 heteroatoms. The van der Waals surface area contributed by atoms with Gasteiger partial charge in [0.05, 0.1) is 6.54 Å². The predicted octanol–water partition coefficient (Wildman–Crippen LogP) is 0.479. The van der Waals surface area contributed by atoms with Gasteiger partial charge in [-0.1, -0.05) is 0 Å². The van der Waals surface area contributed by atoms with Crippen molar-refractivity contribution in [2.45, 2.75) is 38.1 Å². The molecule has 0 saturated carbocycles. The van der Waals surface area contributed by atoms with Crippen LogP contribution in [0.1, 0.15) is 20.8 Å². The van der Waals surface area contributed by atoms with Crippen molar-refractivity contribution in [1.29, 1.82) is 0 Å². The van der Waals surface area contributed by atoms with Gasteiger partial charge < -0.3 is 25.6 Å². The average Bonchev–Trinajstić information content (AvgIpc) is 2.21. The number of carbonyl (C=O) groups excluding carboxylic acids is 1. The number of hydrogen-bond donors (Lipinski definition) is 4. The number of halogens is 3. The molecule has 0 radical (unpaired) electrons. The van der Waals surface area contributed by atoms with Crippen LogP contribution in [-0.2, 0) is 9.53 Å².